The Morgan fingerprint density at radius 1 is 1.25 bits per heavy atom. The average Bonchev–Trinajstić information content (AvgIpc) is 3.06. The van der Waals surface area contributed by atoms with Gasteiger partial charge in [-0.25, -0.2) is 0 Å². The molecule has 1 aromatic rings. The van der Waals surface area contributed by atoms with Gasteiger partial charge >= 0.3 is 0 Å². The van der Waals surface area contributed by atoms with Gasteiger partial charge in [0.1, 0.15) is 5.75 Å². The molecule has 24 heavy (non-hydrogen) atoms. The third kappa shape index (κ3) is 6.04. The van der Waals surface area contributed by atoms with Crippen molar-refractivity contribution in [3.8, 4) is 5.75 Å². The molecule has 1 heterocycles. The molecule has 134 valence electrons. The van der Waals surface area contributed by atoms with Crippen LogP contribution in [-0.4, -0.2) is 57.7 Å². The number of benzene rings is 1. The summed E-state index contributed by atoms with van der Waals surface area (Å²) in [4.78, 5) is 6.65. The van der Waals surface area contributed by atoms with Crippen LogP contribution >= 0.6 is 0 Å². The van der Waals surface area contributed by atoms with E-state index in [1.54, 1.807) is 0 Å². The van der Waals surface area contributed by atoms with Crippen LogP contribution in [0.5, 0.6) is 5.75 Å². The predicted molar refractivity (Wildman–Crippen MR) is 101 cm³/mol. The van der Waals surface area contributed by atoms with Crippen LogP contribution in [0.1, 0.15) is 30.9 Å². The van der Waals surface area contributed by atoms with E-state index >= 15 is 0 Å². The van der Waals surface area contributed by atoms with E-state index in [1.807, 2.05) is 7.05 Å². The molecule has 1 aliphatic rings. The van der Waals surface area contributed by atoms with Crippen LogP contribution < -0.4 is 15.4 Å². The van der Waals surface area contributed by atoms with Crippen molar-refractivity contribution in [3.05, 3.63) is 29.3 Å². The van der Waals surface area contributed by atoms with Gasteiger partial charge in [-0.1, -0.05) is 25.5 Å². The Balaban J connectivity index is 1.64. The van der Waals surface area contributed by atoms with Gasteiger partial charge in [0.05, 0.1) is 6.61 Å². The highest BCUT2D eigenvalue weighted by molar-refractivity contribution is 5.79. The van der Waals surface area contributed by atoms with Crippen molar-refractivity contribution < 1.29 is 4.74 Å². The molecule has 0 saturated heterocycles. The second-order valence-corrected chi connectivity index (χ2v) is 6.37. The smallest absolute Gasteiger partial charge is 0.191 e. The normalized spacial score (nSPS) is 13.8. The minimum atomic E-state index is 0.820. The Labute approximate surface area is 146 Å². The minimum absolute atomic E-state index is 0.820. The summed E-state index contributed by atoms with van der Waals surface area (Å²) in [5.41, 5.74) is 2.69. The molecule has 1 aromatic carbocycles. The largest absolute Gasteiger partial charge is 0.493 e. The Morgan fingerprint density at radius 3 is 2.88 bits per heavy atom. The summed E-state index contributed by atoms with van der Waals surface area (Å²) >= 11 is 0. The molecule has 0 bridgehead atoms. The molecule has 0 spiro atoms. The number of guanidine groups is 1. The molecule has 0 aliphatic carbocycles. The first-order valence-electron chi connectivity index (χ1n) is 9.10. The lowest BCUT2D eigenvalue weighted by Crippen LogP contribution is -2.41. The first kappa shape index (κ1) is 18.6. The maximum Gasteiger partial charge on any atom is 0.191 e. The highest BCUT2D eigenvalue weighted by Crippen LogP contribution is 2.25. The van der Waals surface area contributed by atoms with Gasteiger partial charge in [-0.05, 0) is 43.6 Å². The van der Waals surface area contributed by atoms with Crippen LogP contribution in [0.25, 0.3) is 0 Å². The second kappa shape index (κ2) is 10.2. The second-order valence-electron chi connectivity index (χ2n) is 6.37. The quantitative estimate of drug-likeness (QED) is 0.537. The van der Waals surface area contributed by atoms with Crippen molar-refractivity contribution in [3.63, 3.8) is 0 Å². The summed E-state index contributed by atoms with van der Waals surface area (Å²) < 4.78 is 5.55. The lowest BCUT2D eigenvalue weighted by Gasteiger charge is -2.18. The number of rotatable bonds is 9. The molecule has 0 aromatic heterocycles. The van der Waals surface area contributed by atoms with Gasteiger partial charge in [0.25, 0.3) is 0 Å². The molecule has 0 radical (unpaired) electrons. The zero-order valence-electron chi connectivity index (χ0n) is 15.4. The van der Waals surface area contributed by atoms with E-state index in [1.165, 1.54) is 24.0 Å². The van der Waals surface area contributed by atoms with Crippen molar-refractivity contribution in [2.75, 3.05) is 46.9 Å². The molecule has 1 aliphatic heterocycles. The SMILES string of the molecule is CCCCN(C)CCNC(=NC)NCCc1ccc2c(c1)CCO2. The fraction of sp³-hybridized carbons (Fsp3) is 0.632. The summed E-state index contributed by atoms with van der Waals surface area (Å²) in [6, 6.07) is 6.52. The standard InChI is InChI=1S/C19H32N4O/c1-4-5-12-23(3)13-11-22-19(20-2)21-10-8-16-6-7-18-17(15-16)9-14-24-18/h6-7,15H,4-5,8-14H2,1-3H3,(H2,20,21,22). The summed E-state index contributed by atoms with van der Waals surface area (Å²) in [6.07, 6.45) is 4.53. The zero-order valence-corrected chi connectivity index (χ0v) is 15.4. The van der Waals surface area contributed by atoms with Crippen LogP contribution in [0.4, 0.5) is 0 Å². The molecule has 0 unspecified atom stereocenters. The highest BCUT2D eigenvalue weighted by atomic mass is 16.5. The first-order chi connectivity index (χ1) is 11.7. The van der Waals surface area contributed by atoms with Gasteiger partial charge < -0.3 is 20.3 Å². The van der Waals surface area contributed by atoms with Crippen LogP contribution in [-0.2, 0) is 12.8 Å². The van der Waals surface area contributed by atoms with Crippen molar-refractivity contribution in [2.45, 2.75) is 32.6 Å². The molecule has 2 N–H and O–H groups in total. The van der Waals surface area contributed by atoms with Gasteiger partial charge in [-0.3, -0.25) is 4.99 Å². The highest BCUT2D eigenvalue weighted by Gasteiger charge is 2.11. The Bertz CT molecular complexity index is 530. The van der Waals surface area contributed by atoms with E-state index in [0.717, 1.165) is 57.3 Å². The zero-order chi connectivity index (χ0) is 17.2. The summed E-state index contributed by atoms with van der Waals surface area (Å²) in [5.74, 6) is 1.93. The lowest BCUT2D eigenvalue weighted by molar-refractivity contribution is 0.332. The van der Waals surface area contributed by atoms with Crippen LogP contribution in [0.15, 0.2) is 23.2 Å². The number of nitrogens with zero attached hydrogens (tertiary/aromatic N) is 2. The Morgan fingerprint density at radius 2 is 2.08 bits per heavy atom. The van der Waals surface area contributed by atoms with Crippen LogP contribution in [0.3, 0.4) is 0 Å². The van der Waals surface area contributed by atoms with Crippen LogP contribution in [0, 0.1) is 0 Å². The average molecular weight is 332 g/mol. The molecule has 0 fully saturated rings. The topological polar surface area (TPSA) is 48.9 Å². The maximum absolute atomic E-state index is 5.55. The lowest BCUT2D eigenvalue weighted by atomic mass is 10.1. The number of fused-ring (bicyclic) bond motifs is 1. The van der Waals surface area contributed by atoms with Gasteiger partial charge in [-0.2, -0.15) is 0 Å². The van der Waals surface area contributed by atoms with Crippen molar-refractivity contribution in [1.82, 2.24) is 15.5 Å². The van der Waals surface area contributed by atoms with E-state index < -0.39 is 0 Å². The first-order valence-corrected chi connectivity index (χ1v) is 9.10. The number of aliphatic imine (C=N–C) groups is 1. The fourth-order valence-corrected chi connectivity index (χ4v) is 2.85. The predicted octanol–water partition coefficient (Wildman–Crippen LogP) is 2.06. The molecule has 2 rings (SSSR count). The molecule has 0 atom stereocenters. The number of nitrogens with one attached hydrogen (secondary N) is 2. The monoisotopic (exact) mass is 332 g/mol. The third-order valence-electron chi connectivity index (χ3n) is 4.36. The van der Waals surface area contributed by atoms with E-state index in [2.05, 4.69) is 52.7 Å². The number of ether oxygens (including phenoxy) is 1. The summed E-state index contributed by atoms with van der Waals surface area (Å²) in [5, 5.41) is 6.77. The molecular weight excluding hydrogens is 300 g/mol. The van der Waals surface area contributed by atoms with Crippen molar-refractivity contribution >= 4 is 5.96 Å². The Hall–Kier alpha value is -1.75. The van der Waals surface area contributed by atoms with Gasteiger partial charge in [0.15, 0.2) is 5.96 Å². The van der Waals surface area contributed by atoms with E-state index in [9.17, 15) is 0 Å². The maximum atomic E-state index is 5.55. The molecule has 0 saturated carbocycles. The van der Waals surface area contributed by atoms with E-state index in [0.29, 0.717) is 0 Å². The van der Waals surface area contributed by atoms with Crippen molar-refractivity contribution in [2.24, 2.45) is 4.99 Å². The summed E-state index contributed by atoms with van der Waals surface area (Å²) in [6.45, 7) is 7.03. The van der Waals surface area contributed by atoms with Gasteiger partial charge in [-0.15, -0.1) is 0 Å². The number of unbranched alkanes of at least 4 members (excludes halogenated alkanes) is 1. The van der Waals surface area contributed by atoms with Gasteiger partial charge in [0.2, 0.25) is 0 Å². The fourth-order valence-electron chi connectivity index (χ4n) is 2.85. The van der Waals surface area contributed by atoms with Crippen LogP contribution in [0.2, 0.25) is 0 Å². The molecular formula is C19H32N4O. The molecule has 5 nitrogen and oxygen atoms in total. The van der Waals surface area contributed by atoms with Crippen molar-refractivity contribution in [1.29, 1.82) is 0 Å². The number of hydrogen-bond donors (Lipinski definition) is 2. The molecule has 0 amide bonds. The summed E-state index contributed by atoms with van der Waals surface area (Å²) in [7, 11) is 3.99. The third-order valence-corrected chi connectivity index (χ3v) is 4.36. The number of hydrogen-bond acceptors (Lipinski definition) is 3. The van der Waals surface area contributed by atoms with Gasteiger partial charge in [0, 0.05) is 33.1 Å². The van der Waals surface area contributed by atoms with E-state index in [-0.39, 0.29) is 0 Å². The minimum Gasteiger partial charge on any atom is -0.493 e. The Kier molecular flexibility index (Phi) is 7.89. The number of likely N-dealkylation sites (N-methyl/N-ethyl adjacent to an activating group) is 1. The van der Waals surface area contributed by atoms with E-state index in [4.69, 9.17) is 4.74 Å². The molecule has 5 heteroatoms.